The first-order chi connectivity index (χ1) is 10.4. The first kappa shape index (κ1) is 14.9. The molecule has 7 nitrogen and oxygen atoms in total. The molecule has 116 valence electrons. The van der Waals surface area contributed by atoms with Crippen molar-refractivity contribution in [3.63, 3.8) is 0 Å². The Kier molecular flexibility index (Phi) is 3.85. The van der Waals surface area contributed by atoms with E-state index in [9.17, 15) is 13.2 Å². The molecule has 2 N–H and O–H groups in total. The van der Waals surface area contributed by atoms with Gasteiger partial charge < -0.3 is 4.42 Å². The smallest absolute Gasteiger partial charge is 0.408 e. The molecule has 1 aromatic carbocycles. The van der Waals surface area contributed by atoms with E-state index in [4.69, 9.17) is 4.42 Å². The minimum absolute atomic E-state index is 0.0586. The number of rotatable bonds is 5. The first-order valence-electron chi connectivity index (χ1n) is 6.48. The third-order valence-electron chi connectivity index (χ3n) is 3.04. The average Bonchev–Trinajstić information content (AvgIpc) is 3.02. The lowest BCUT2D eigenvalue weighted by molar-refractivity contribution is 0.553. The van der Waals surface area contributed by atoms with Crippen LogP contribution in [0.5, 0.6) is 0 Å². The van der Waals surface area contributed by atoms with Gasteiger partial charge in [-0.2, -0.15) is 0 Å². The van der Waals surface area contributed by atoms with Crippen molar-refractivity contribution >= 4 is 32.5 Å². The zero-order valence-electron chi connectivity index (χ0n) is 11.6. The number of H-pyrrole nitrogens is 1. The van der Waals surface area contributed by atoms with Gasteiger partial charge in [-0.25, -0.2) is 22.9 Å². The Morgan fingerprint density at radius 1 is 1.41 bits per heavy atom. The lowest BCUT2D eigenvalue weighted by Gasteiger charge is -2.05. The Bertz CT molecular complexity index is 969. The van der Waals surface area contributed by atoms with Gasteiger partial charge >= 0.3 is 5.76 Å². The first-order valence-corrected chi connectivity index (χ1v) is 8.78. The molecule has 0 fully saturated rings. The number of benzene rings is 1. The molecule has 22 heavy (non-hydrogen) atoms. The number of thiazole rings is 1. The summed E-state index contributed by atoms with van der Waals surface area (Å²) in [5, 5.41) is 0.950. The molecule has 0 radical (unpaired) electrons. The molecular formula is C13H13N3O4S2. The minimum Gasteiger partial charge on any atom is -0.408 e. The van der Waals surface area contributed by atoms with E-state index in [0.29, 0.717) is 11.9 Å². The number of aromatic amines is 1. The van der Waals surface area contributed by atoms with Crippen molar-refractivity contribution in [1.82, 2.24) is 14.7 Å². The minimum atomic E-state index is -3.65. The summed E-state index contributed by atoms with van der Waals surface area (Å²) < 4.78 is 31.8. The summed E-state index contributed by atoms with van der Waals surface area (Å²) >= 11 is 1.54. The number of hydrogen-bond acceptors (Lipinski definition) is 6. The van der Waals surface area contributed by atoms with Gasteiger partial charge in [0, 0.05) is 23.7 Å². The molecule has 9 heteroatoms. The second-order valence-electron chi connectivity index (χ2n) is 4.67. The van der Waals surface area contributed by atoms with Crippen molar-refractivity contribution in [2.24, 2.45) is 0 Å². The van der Waals surface area contributed by atoms with Crippen LogP contribution >= 0.6 is 11.3 Å². The van der Waals surface area contributed by atoms with E-state index in [1.807, 2.05) is 6.92 Å². The highest BCUT2D eigenvalue weighted by Crippen LogP contribution is 2.17. The number of aromatic nitrogens is 2. The fraction of sp³-hybridized carbons (Fsp3) is 0.231. The van der Waals surface area contributed by atoms with Crippen molar-refractivity contribution in [3.05, 3.63) is 44.8 Å². The van der Waals surface area contributed by atoms with Crippen LogP contribution in [-0.2, 0) is 16.4 Å². The van der Waals surface area contributed by atoms with Gasteiger partial charge in [0.15, 0.2) is 5.58 Å². The fourth-order valence-electron chi connectivity index (χ4n) is 2.01. The molecule has 2 aromatic heterocycles. The third kappa shape index (κ3) is 3.11. The monoisotopic (exact) mass is 339 g/mol. The number of oxazole rings is 1. The molecule has 0 spiro atoms. The second-order valence-corrected chi connectivity index (χ2v) is 7.75. The van der Waals surface area contributed by atoms with E-state index in [2.05, 4.69) is 14.7 Å². The zero-order chi connectivity index (χ0) is 15.7. The topological polar surface area (TPSA) is 105 Å². The van der Waals surface area contributed by atoms with Gasteiger partial charge in [-0.05, 0) is 25.5 Å². The lowest BCUT2D eigenvalue weighted by Crippen LogP contribution is -2.25. The van der Waals surface area contributed by atoms with Gasteiger partial charge in [-0.3, -0.25) is 4.98 Å². The molecular weight excluding hydrogens is 326 g/mol. The number of nitrogens with zero attached hydrogens (tertiary/aromatic N) is 1. The van der Waals surface area contributed by atoms with Crippen molar-refractivity contribution in [3.8, 4) is 0 Å². The van der Waals surface area contributed by atoms with Crippen LogP contribution in [0, 0.1) is 6.92 Å². The Hall–Kier alpha value is -1.97. The summed E-state index contributed by atoms with van der Waals surface area (Å²) in [5.74, 6) is -0.613. The molecule has 0 aliphatic carbocycles. The summed E-state index contributed by atoms with van der Waals surface area (Å²) in [4.78, 5) is 18.8. The predicted octanol–water partition coefficient (Wildman–Crippen LogP) is 1.41. The van der Waals surface area contributed by atoms with Gasteiger partial charge in [0.1, 0.15) is 0 Å². The van der Waals surface area contributed by atoms with Crippen molar-refractivity contribution in [2.75, 3.05) is 6.54 Å². The molecule has 0 amide bonds. The van der Waals surface area contributed by atoms with E-state index in [-0.39, 0.29) is 17.0 Å². The summed E-state index contributed by atoms with van der Waals surface area (Å²) in [6.07, 6.45) is 2.32. The van der Waals surface area contributed by atoms with E-state index < -0.39 is 15.8 Å². The number of sulfonamides is 1. The third-order valence-corrected chi connectivity index (χ3v) is 5.47. The summed E-state index contributed by atoms with van der Waals surface area (Å²) in [6.45, 7) is 2.18. The lowest BCUT2D eigenvalue weighted by atomic mass is 10.3. The van der Waals surface area contributed by atoms with Crippen LogP contribution in [0.2, 0.25) is 0 Å². The molecule has 0 bridgehead atoms. The molecule has 3 rings (SSSR count). The van der Waals surface area contributed by atoms with Crippen LogP contribution in [-0.4, -0.2) is 24.9 Å². The highest BCUT2D eigenvalue weighted by molar-refractivity contribution is 7.89. The number of fused-ring (bicyclic) bond motifs is 1. The van der Waals surface area contributed by atoms with E-state index in [1.165, 1.54) is 29.5 Å². The van der Waals surface area contributed by atoms with Gasteiger partial charge in [-0.15, -0.1) is 11.3 Å². The van der Waals surface area contributed by atoms with Gasteiger partial charge in [-0.1, -0.05) is 0 Å². The van der Waals surface area contributed by atoms with Crippen molar-refractivity contribution in [1.29, 1.82) is 0 Å². The summed E-state index contributed by atoms with van der Waals surface area (Å²) in [5.41, 5.74) is 0.676. The second kappa shape index (κ2) is 5.67. The Morgan fingerprint density at radius 2 is 2.23 bits per heavy atom. The Balaban J connectivity index is 1.74. The molecule has 0 aliphatic heterocycles. The standard InChI is InChI=1S/C13H13N3O4S2/c1-8-14-7-9(21-8)4-5-15-22(18,19)10-2-3-11-12(6-10)20-13(17)16-11/h2-3,6-7,15H,4-5H2,1H3,(H,16,17). The zero-order valence-corrected chi connectivity index (χ0v) is 13.3. The van der Waals surface area contributed by atoms with Crippen LogP contribution in [0.25, 0.3) is 11.1 Å². The van der Waals surface area contributed by atoms with E-state index in [1.54, 1.807) is 6.20 Å². The highest BCUT2D eigenvalue weighted by Gasteiger charge is 2.15. The van der Waals surface area contributed by atoms with Crippen LogP contribution in [0.4, 0.5) is 0 Å². The molecule has 3 aromatic rings. The number of nitrogens with one attached hydrogen (secondary N) is 2. The van der Waals surface area contributed by atoms with Gasteiger partial charge in [0.2, 0.25) is 10.0 Å². The summed E-state index contributed by atoms with van der Waals surface area (Å²) in [6, 6.07) is 4.25. The van der Waals surface area contributed by atoms with Gasteiger partial charge in [0.05, 0.1) is 15.4 Å². The van der Waals surface area contributed by atoms with E-state index in [0.717, 1.165) is 9.88 Å². The van der Waals surface area contributed by atoms with Gasteiger partial charge in [0.25, 0.3) is 0 Å². The Labute approximate surface area is 130 Å². The fourth-order valence-corrected chi connectivity index (χ4v) is 3.85. The highest BCUT2D eigenvalue weighted by atomic mass is 32.2. The largest absolute Gasteiger partial charge is 0.417 e. The maximum atomic E-state index is 12.2. The molecule has 0 atom stereocenters. The summed E-state index contributed by atoms with van der Waals surface area (Å²) in [7, 11) is -3.65. The van der Waals surface area contributed by atoms with Crippen LogP contribution in [0.15, 0.2) is 38.5 Å². The number of aryl methyl sites for hydroxylation is 1. The average molecular weight is 339 g/mol. The van der Waals surface area contributed by atoms with Crippen LogP contribution < -0.4 is 10.5 Å². The Morgan fingerprint density at radius 3 is 2.95 bits per heavy atom. The molecule has 2 heterocycles. The van der Waals surface area contributed by atoms with Crippen molar-refractivity contribution in [2.45, 2.75) is 18.2 Å². The predicted molar refractivity (Wildman–Crippen MR) is 82.6 cm³/mol. The quantitative estimate of drug-likeness (QED) is 0.731. The van der Waals surface area contributed by atoms with Crippen LogP contribution in [0.1, 0.15) is 9.88 Å². The molecule has 0 aliphatic rings. The maximum Gasteiger partial charge on any atom is 0.417 e. The normalized spacial score (nSPS) is 12.0. The van der Waals surface area contributed by atoms with E-state index >= 15 is 0 Å². The molecule has 0 saturated heterocycles. The SMILES string of the molecule is Cc1ncc(CCNS(=O)(=O)c2ccc3[nH]c(=O)oc3c2)s1. The van der Waals surface area contributed by atoms with Crippen molar-refractivity contribution < 1.29 is 12.8 Å². The molecule has 0 unspecified atom stereocenters. The molecule has 0 saturated carbocycles. The maximum absolute atomic E-state index is 12.2. The number of hydrogen-bond donors (Lipinski definition) is 2. The van der Waals surface area contributed by atoms with Crippen LogP contribution in [0.3, 0.4) is 0 Å².